The van der Waals surface area contributed by atoms with Crippen LogP contribution in [0.4, 0.5) is 5.82 Å². The highest BCUT2D eigenvalue weighted by Gasteiger charge is 2.27. The summed E-state index contributed by atoms with van der Waals surface area (Å²) in [5.41, 5.74) is 1.85. The second-order valence-electron chi connectivity index (χ2n) is 6.96. The van der Waals surface area contributed by atoms with Crippen molar-refractivity contribution >= 4 is 5.82 Å². The molecule has 1 N–H and O–H groups in total. The third-order valence-corrected chi connectivity index (χ3v) is 4.92. The van der Waals surface area contributed by atoms with Crippen LogP contribution in [0.15, 0.2) is 30.5 Å². The molecule has 6 heteroatoms. The first-order valence-corrected chi connectivity index (χ1v) is 9.57. The van der Waals surface area contributed by atoms with Crippen molar-refractivity contribution in [2.45, 2.75) is 45.8 Å². The number of hydrogen-bond donors (Lipinski definition) is 1. The van der Waals surface area contributed by atoms with Crippen LogP contribution in [0.1, 0.15) is 32.9 Å². The van der Waals surface area contributed by atoms with E-state index in [2.05, 4.69) is 39.7 Å². The van der Waals surface area contributed by atoms with E-state index in [1.807, 2.05) is 25.1 Å². The first kappa shape index (κ1) is 18.7. The molecule has 1 saturated heterocycles. The lowest BCUT2D eigenvalue weighted by Crippen LogP contribution is -2.54. The molecular formula is C20H29N5O. The Morgan fingerprint density at radius 3 is 2.73 bits per heavy atom. The van der Waals surface area contributed by atoms with Crippen molar-refractivity contribution in [1.82, 2.24) is 19.9 Å². The molecule has 2 aromatic rings. The summed E-state index contributed by atoms with van der Waals surface area (Å²) < 4.78 is 0. The van der Waals surface area contributed by atoms with Gasteiger partial charge in [-0.15, -0.1) is 0 Å². The predicted molar refractivity (Wildman–Crippen MR) is 104 cm³/mol. The first-order chi connectivity index (χ1) is 12.6. The maximum absolute atomic E-state index is 9.75. The van der Waals surface area contributed by atoms with Crippen molar-refractivity contribution in [3.05, 3.63) is 36.2 Å². The monoisotopic (exact) mass is 355 g/mol. The molecule has 140 valence electrons. The Morgan fingerprint density at radius 1 is 1.23 bits per heavy atom. The maximum atomic E-state index is 9.75. The fourth-order valence-corrected chi connectivity index (χ4v) is 3.50. The van der Waals surface area contributed by atoms with Gasteiger partial charge in [-0.3, -0.25) is 9.88 Å². The third kappa shape index (κ3) is 4.37. The molecule has 0 aliphatic carbocycles. The van der Waals surface area contributed by atoms with Crippen molar-refractivity contribution in [3.8, 4) is 11.5 Å². The highest BCUT2D eigenvalue weighted by atomic mass is 16.3. The molecule has 0 radical (unpaired) electrons. The average Bonchev–Trinajstić information content (AvgIpc) is 2.68. The molecule has 1 fully saturated rings. The van der Waals surface area contributed by atoms with Gasteiger partial charge in [0.1, 0.15) is 11.5 Å². The van der Waals surface area contributed by atoms with E-state index in [4.69, 9.17) is 4.98 Å². The quantitative estimate of drug-likeness (QED) is 0.858. The van der Waals surface area contributed by atoms with Crippen molar-refractivity contribution in [2.75, 3.05) is 31.1 Å². The van der Waals surface area contributed by atoms with E-state index < -0.39 is 0 Å². The number of aliphatic hydroxyl groups is 1. The molecule has 0 bridgehead atoms. The Balaban J connectivity index is 1.85. The Kier molecular flexibility index (Phi) is 6.16. The van der Waals surface area contributed by atoms with Crippen molar-refractivity contribution in [2.24, 2.45) is 0 Å². The zero-order valence-electron chi connectivity index (χ0n) is 16.0. The lowest BCUT2D eigenvalue weighted by atomic mass is 10.1. The number of aromatic nitrogens is 3. The molecule has 0 spiro atoms. The van der Waals surface area contributed by atoms with Gasteiger partial charge in [-0.1, -0.05) is 19.9 Å². The fraction of sp³-hybridized carbons (Fsp3) is 0.550. The van der Waals surface area contributed by atoms with Crippen molar-refractivity contribution < 1.29 is 5.11 Å². The standard InChI is InChI=1S/C20H29N5O/c1-4-16-12-19(23-20(22-16)18-8-6-7-9-21-18)25-11-10-24(13-15(3)26)17(5-2)14-25/h6-9,12,15,17,26H,4-5,10-11,13-14H2,1-3H3. The Morgan fingerprint density at radius 2 is 2.08 bits per heavy atom. The van der Waals surface area contributed by atoms with Gasteiger partial charge in [0, 0.05) is 50.2 Å². The first-order valence-electron chi connectivity index (χ1n) is 9.57. The summed E-state index contributed by atoms with van der Waals surface area (Å²) in [6.07, 6.45) is 3.41. The lowest BCUT2D eigenvalue weighted by Gasteiger charge is -2.42. The van der Waals surface area contributed by atoms with E-state index in [-0.39, 0.29) is 6.10 Å². The van der Waals surface area contributed by atoms with Gasteiger partial charge in [0.15, 0.2) is 5.82 Å². The van der Waals surface area contributed by atoms with Gasteiger partial charge in [-0.25, -0.2) is 9.97 Å². The van der Waals surface area contributed by atoms with Gasteiger partial charge in [0.05, 0.1) is 6.10 Å². The van der Waals surface area contributed by atoms with Gasteiger partial charge in [0.2, 0.25) is 0 Å². The number of anilines is 1. The SMILES string of the molecule is CCc1cc(N2CCN(CC(C)O)C(CC)C2)nc(-c2ccccn2)n1. The fourth-order valence-electron chi connectivity index (χ4n) is 3.50. The minimum absolute atomic E-state index is 0.294. The van der Waals surface area contributed by atoms with Crippen molar-refractivity contribution in [3.63, 3.8) is 0 Å². The molecule has 6 nitrogen and oxygen atoms in total. The van der Waals surface area contributed by atoms with Gasteiger partial charge in [0.25, 0.3) is 0 Å². The highest BCUT2D eigenvalue weighted by molar-refractivity contribution is 5.54. The van der Waals surface area contributed by atoms with Gasteiger partial charge in [-0.2, -0.15) is 0 Å². The molecular weight excluding hydrogens is 326 g/mol. The van der Waals surface area contributed by atoms with E-state index >= 15 is 0 Å². The molecule has 1 aliphatic rings. The molecule has 0 amide bonds. The molecule has 2 aromatic heterocycles. The van der Waals surface area contributed by atoms with Gasteiger partial charge in [-0.05, 0) is 31.9 Å². The van der Waals surface area contributed by atoms with Gasteiger partial charge >= 0.3 is 0 Å². The van der Waals surface area contributed by atoms with E-state index in [1.54, 1.807) is 6.20 Å². The van der Waals surface area contributed by atoms with Gasteiger partial charge < -0.3 is 10.0 Å². The van der Waals surface area contributed by atoms with Crippen LogP contribution >= 0.6 is 0 Å². The second-order valence-corrected chi connectivity index (χ2v) is 6.96. The maximum Gasteiger partial charge on any atom is 0.180 e. The number of β-amino-alcohol motifs (C(OH)–C–C–N with tert-alkyl or cyclic N) is 1. The number of pyridine rings is 1. The smallest absolute Gasteiger partial charge is 0.180 e. The summed E-state index contributed by atoms with van der Waals surface area (Å²) >= 11 is 0. The lowest BCUT2D eigenvalue weighted by molar-refractivity contribution is 0.0884. The normalized spacial score (nSPS) is 19.5. The minimum Gasteiger partial charge on any atom is -0.392 e. The summed E-state index contributed by atoms with van der Waals surface area (Å²) in [6.45, 7) is 9.68. The average molecular weight is 355 g/mol. The molecule has 0 saturated carbocycles. The summed E-state index contributed by atoms with van der Waals surface area (Å²) in [6, 6.07) is 8.35. The van der Waals surface area contributed by atoms with Crippen molar-refractivity contribution in [1.29, 1.82) is 0 Å². The van der Waals surface area contributed by atoms with Crippen LogP contribution in [-0.4, -0.2) is 63.3 Å². The van der Waals surface area contributed by atoms with E-state index in [1.165, 1.54) is 0 Å². The second kappa shape index (κ2) is 8.56. The number of aliphatic hydroxyl groups excluding tert-OH is 1. The Hall–Kier alpha value is -2.05. The summed E-state index contributed by atoms with van der Waals surface area (Å²) in [7, 11) is 0. The van der Waals surface area contributed by atoms with E-state index in [0.717, 1.165) is 56.2 Å². The molecule has 3 heterocycles. The summed E-state index contributed by atoms with van der Waals surface area (Å²) in [4.78, 5) is 18.6. The van der Waals surface area contributed by atoms with Crippen LogP contribution in [0.25, 0.3) is 11.5 Å². The predicted octanol–water partition coefficient (Wildman–Crippen LogP) is 2.38. The number of rotatable bonds is 6. The zero-order chi connectivity index (χ0) is 18.5. The summed E-state index contributed by atoms with van der Waals surface area (Å²) in [5, 5.41) is 9.75. The molecule has 3 rings (SSSR count). The molecule has 2 atom stereocenters. The number of piperazine rings is 1. The largest absolute Gasteiger partial charge is 0.392 e. The van der Waals surface area contributed by atoms with Crippen LogP contribution in [-0.2, 0) is 6.42 Å². The zero-order valence-corrected chi connectivity index (χ0v) is 16.0. The Labute approximate surface area is 155 Å². The van der Waals surface area contributed by atoms with Crippen LogP contribution in [0.5, 0.6) is 0 Å². The number of aryl methyl sites for hydroxylation is 1. The van der Waals surface area contributed by atoms with E-state index in [9.17, 15) is 5.11 Å². The number of nitrogens with zero attached hydrogens (tertiary/aromatic N) is 5. The molecule has 1 aliphatic heterocycles. The topological polar surface area (TPSA) is 65.4 Å². The molecule has 26 heavy (non-hydrogen) atoms. The Bertz CT molecular complexity index is 707. The summed E-state index contributed by atoms with van der Waals surface area (Å²) in [5.74, 6) is 1.67. The molecule has 2 unspecified atom stereocenters. The van der Waals surface area contributed by atoms with Crippen LogP contribution < -0.4 is 4.90 Å². The van der Waals surface area contributed by atoms with Crippen LogP contribution in [0.3, 0.4) is 0 Å². The van der Waals surface area contributed by atoms with Crippen LogP contribution in [0.2, 0.25) is 0 Å². The number of hydrogen-bond acceptors (Lipinski definition) is 6. The molecule has 0 aromatic carbocycles. The van der Waals surface area contributed by atoms with E-state index in [0.29, 0.717) is 11.9 Å². The highest BCUT2D eigenvalue weighted by Crippen LogP contribution is 2.23. The third-order valence-electron chi connectivity index (χ3n) is 4.92. The minimum atomic E-state index is -0.294. The van der Waals surface area contributed by atoms with Crippen LogP contribution in [0, 0.1) is 0 Å².